The summed E-state index contributed by atoms with van der Waals surface area (Å²) in [6, 6.07) is 0.210. The van der Waals surface area contributed by atoms with Gasteiger partial charge in [0.1, 0.15) is 0 Å². The van der Waals surface area contributed by atoms with Crippen LogP contribution in [0, 0.1) is 0 Å². The smallest absolute Gasteiger partial charge is 0.240 e. The highest BCUT2D eigenvalue weighted by Crippen LogP contribution is 2.27. The molecule has 1 unspecified atom stereocenters. The van der Waals surface area contributed by atoms with Crippen LogP contribution in [-0.4, -0.2) is 42.0 Å². The molecule has 0 radical (unpaired) electrons. The van der Waals surface area contributed by atoms with Gasteiger partial charge in [0.15, 0.2) is 0 Å². The van der Waals surface area contributed by atoms with Gasteiger partial charge in [0.25, 0.3) is 0 Å². The lowest BCUT2D eigenvalue weighted by Crippen LogP contribution is -2.55. The van der Waals surface area contributed by atoms with E-state index in [4.69, 9.17) is 5.73 Å². The molecule has 1 heterocycles. The Labute approximate surface area is 104 Å². The van der Waals surface area contributed by atoms with Crippen LogP contribution in [0.3, 0.4) is 0 Å². The molecule has 4 nitrogen and oxygen atoms in total. The van der Waals surface area contributed by atoms with Gasteiger partial charge in [-0.15, -0.1) is 0 Å². The van der Waals surface area contributed by atoms with Gasteiger partial charge in [-0.2, -0.15) is 0 Å². The molecule has 0 bridgehead atoms. The van der Waals surface area contributed by atoms with Crippen LogP contribution in [0.5, 0.6) is 0 Å². The maximum atomic E-state index is 12.1. The van der Waals surface area contributed by atoms with E-state index in [0.717, 1.165) is 32.2 Å². The van der Waals surface area contributed by atoms with Crippen LogP contribution in [0.25, 0.3) is 0 Å². The van der Waals surface area contributed by atoms with Gasteiger partial charge in [-0.1, -0.05) is 12.8 Å². The van der Waals surface area contributed by atoms with Crippen molar-refractivity contribution in [3.63, 3.8) is 0 Å². The van der Waals surface area contributed by atoms with E-state index in [1.807, 2.05) is 0 Å². The van der Waals surface area contributed by atoms with Gasteiger partial charge in [-0.05, 0) is 45.7 Å². The van der Waals surface area contributed by atoms with Gasteiger partial charge in [0, 0.05) is 12.6 Å². The van der Waals surface area contributed by atoms with E-state index in [9.17, 15) is 4.79 Å². The molecule has 1 atom stereocenters. The van der Waals surface area contributed by atoms with E-state index >= 15 is 0 Å². The van der Waals surface area contributed by atoms with Gasteiger partial charge >= 0.3 is 0 Å². The van der Waals surface area contributed by atoms with Crippen LogP contribution in [0.4, 0.5) is 0 Å². The first-order valence-corrected chi connectivity index (χ1v) is 6.92. The first-order chi connectivity index (χ1) is 8.10. The molecule has 2 rings (SSSR count). The summed E-state index contributed by atoms with van der Waals surface area (Å²) >= 11 is 0. The zero-order valence-electron chi connectivity index (χ0n) is 10.9. The number of amides is 1. The van der Waals surface area contributed by atoms with Gasteiger partial charge in [0.05, 0.1) is 5.54 Å². The highest BCUT2D eigenvalue weighted by molar-refractivity contribution is 5.86. The number of carbonyl (C=O) groups excluding carboxylic acids is 1. The lowest BCUT2D eigenvalue weighted by molar-refractivity contribution is -0.126. The van der Waals surface area contributed by atoms with E-state index in [-0.39, 0.29) is 11.9 Å². The second-order valence-electron chi connectivity index (χ2n) is 5.75. The first kappa shape index (κ1) is 12.8. The highest BCUT2D eigenvalue weighted by atomic mass is 16.2. The van der Waals surface area contributed by atoms with E-state index < -0.39 is 5.54 Å². The summed E-state index contributed by atoms with van der Waals surface area (Å²) in [6.45, 7) is 5.39. The molecule has 17 heavy (non-hydrogen) atoms. The van der Waals surface area contributed by atoms with Crippen LogP contribution in [0.15, 0.2) is 0 Å². The van der Waals surface area contributed by atoms with E-state index in [0.29, 0.717) is 0 Å². The third-order valence-electron chi connectivity index (χ3n) is 4.06. The summed E-state index contributed by atoms with van der Waals surface area (Å²) in [7, 11) is 0. The minimum absolute atomic E-state index is 0.0571. The normalized spacial score (nSPS) is 26.0. The number of rotatable bonds is 4. The summed E-state index contributed by atoms with van der Waals surface area (Å²) in [4.78, 5) is 14.5. The van der Waals surface area contributed by atoms with Crippen LogP contribution in [-0.2, 0) is 4.79 Å². The minimum Gasteiger partial charge on any atom is -0.351 e. The molecular formula is C13H25N3O. The molecule has 2 fully saturated rings. The Balaban J connectivity index is 1.77. The van der Waals surface area contributed by atoms with Gasteiger partial charge in [-0.3, -0.25) is 4.79 Å². The van der Waals surface area contributed by atoms with Crippen LogP contribution in [0.1, 0.15) is 45.4 Å². The largest absolute Gasteiger partial charge is 0.351 e. The molecule has 0 aromatic heterocycles. The maximum Gasteiger partial charge on any atom is 0.240 e. The van der Waals surface area contributed by atoms with Crippen molar-refractivity contribution in [2.75, 3.05) is 19.6 Å². The van der Waals surface area contributed by atoms with Crippen molar-refractivity contribution in [1.29, 1.82) is 0 Å². The lowest BCUT2D eigenvalue weighted by Gasteiger charge is -2.27. The Kier molecular flexibility index (Phi) is 4.05. The number of hydrogen-bond acceptors (Lipinski definition) is 3. The second kappa shape index (κ2) is 5.36. The molecule has 1 amide bonds. The molecule has 3 N–H and O–H groups in total. The summed E-state index contributed by atoms with van der Waals surface area (Å²) in [6.07, 6.45) is 6.45. The fourth-order valence-electron chi connectivity index (χ4n) is 3.00. The molecule has 1 saturated carbocycles. The van der Waals surface area contributed by atoms with E-state index in [1.165, 1.54) is 25.9 Å². The molecule has 1 aliphatic heterocycles. The Bertz CT molecular complexity index is 268. The quantitative estimate of drug-likeness (QED) is 0.765. The summed E-state index contributed by atoms with van der Waals surface area (Å²) in [5.74, 6) is 0.0571. The molecule has 1 saturated heterocycles. The van der Waals surface area contributed by atoms with Crippen molar-refractivity contribution in [1.82, 2.24) is 10.2 Å². The number of hydrogen-bond donors (Lipinski definition) is 2. The maximum absolute atomic E-state index is 12.1. The molecule has 0 spiro atoms. The molecule has 4 heteroatoms. The zero-order valence-corrected chi connectivity index (χ0v) is 10.9. The van der Waals surface area contributed by atoms with Crippen molar-refractivity contribution in [3.8, 4) is 0 Å². The van der Waals surface area contributed by atoms with Crippen molar-refractivity contribution >= 4 is 5.91 Å². The first-order valence-electron chi connectivity index (χ1n) is 6.92. The second-order valence-corrected chi connectivity index (χ2v) is 5.75. The van der Waals surface area contributed by atoms with Gasteiger partial charge in [0.2, 0.25) is 5.91 Å². The number of nitrogens with two attached hydrogens (primary N) is 1. The minimum atomic E-state index is -0.584. The van der Waals surface area contributed by atoms with E-state index in [1.54, 1.807) is 0 Å². The summed E-state index contributed by atoms with van der Waals surface area (Å²) < 4.78 is 0. The van der Waals surface area contributed by atoms with Crippen molar-refractivity contribution < 1.29 is 4.79 Å². The number of nitrogens with one attached hydrogen (secondary N) is 1. The predicted octanol–water partition coefficient (Wildman–Crippen LogP) is 0.858. The average molecular weight is 239 g/mol. The molecular weight excluding hydrogens is 214 g/mol. The van der Waals surface area contributed by atoms with Crippen LogP contribution < -0.4 is 11.1 Å². The number of likely N-dealkylation sites (tertiary alicyclic amines) is 1. The fraction of sp³-hybridized carbons (Fsp3) is 0.923. The highest BCUT2D eigenvalue weighted by Gasteiger charge is 2.37. The monoisotopic (exact) mass is 239 g/mol. The average Bonchev–Trinajstić information content (AvgIpc) is 2.90. The van der Waals surface area contributed by atoms with Crippen molar-refractivity contribution in [2.24, 2.45) is 5.73 Å². The van der Waals surface area contributed by atoms with Crippen LogP contribution in [0.2, 0.25) is 0 Å². The Morgan fingerprint density at radius 1 is 1.29 bits per heavy atom. The van der Waals surface area contributed by atoms with Crippen LogP contribution >= 0.6 is 0 Å². The lowest BCUT2D eigenvalue weighted by atomic mass is 9.98. The predicted molar refractivity (Wildman–Crippen MR) is 68.7 cm³/mol. The van der Waals surface area contributed by atoms with Crippen molar-refractivity contribution in [2.45, 2.75) is 57.0 Å². The molecule has 0 aromatic carbocycles. The third kappa shape index (κ3) is 3.19. The standard InChI is InChI=1S/C13H25N3O/c1-11(10-16-8-4-5-9-16)15-12(17)13(14)6-2-3-7-13/h11H,2-10,14H2,1H3,(H,15,17). The van der Waals surface area contributed by atoms with Crippen molar-refractivity contribution in [3.05, 3.63) is 0 Å². The number of carbonyl (C=O) groups is 1. The van der Waals surface area contributed by atoms with Gasteiger partial charge < -0.3 is 16.0 Å². The topological polar surface area (TPSA) is 58.4 Å². The SMILES string of the molecule is CC(CN1CCCC1)NC(=O)C1(N)CCCC1. The zero-order chi connectivity index (χ0) is 12.3. The summed E-state index contributed by atoms with van der Waals surface area (Å²) in [5, 5.41) is 3.08. The molecule has 98 valence electrons. The Morgan fingerprint density at radius 2 is 1.88 bits per heavy atom. The Morgan fingerprint density at radius 3 is 2.47 bits per heavy atom. The van der Waals surface area contributed by atoms with E-state index in [2.05, 4.69) is 17.1 Å². The number of nitrogens with zero attached hydrogens (tertiary/aromatic N) is 1. The van der Waals surface area contributed by atoms with Gasteiger partial charge in [-0.25, -0.2) is 0 Å². The molecule has 1 aliphatic carbocycles. The molecule has 0 aromatic rings. The molecule has 2 aliphatic rings. The fourth-order valence-corrected chi connectivity index (χ4v) is 3.00. The third-order valence-corrected chi connectivity index (χ3v) is 4.06. The summed E-state index contributed by atoms with van der Waals surface area (Å²) in [5.41, 5.74) is 5.55. The Hall–Kier alpha value is -0.610.